The van der Waals surface area contributed by atoms with Crippen molar-refractivity contribution in [2.45, 2.75) is 53.0 Å². The molecule has 1 rings (SSSR count). The van der Waals surface area contributed by atoms with E-state index in [-0.39, 0.29) is 0 Å². The Labute approximate surface area is 85.8 Å². The second-order valence-corrected chi connectivity index (χ2v) is 3.71. The van der Waals surface area contributed by atoms with Crippen LogP contribution in [0.25, 0.3) is 0 Å². The lowest BCUT2D eigenvalue weighted by Gasteiger charge is -1.99. The van der Waals surface area contributed by atoms with E-state index in [2.05, 4.69) is 18.9 Å². The highest BCUT2D eigenvalue weighted by Crippen LogP contribution is 2.22. The van der Waals surface area contributed by atoms with Crippen LogP contribution in [0.5, 0.6) is 5.75 Å². The van der Waals surface area contributed by atoms with Gasteiger partial charge in [0.05, 0.1) is 5.69 Å². The van der Waals surface area contributed by atoms with Crippen LogP contribution < -0.4 is 0 Å². The molecule has 1 heterocycles. The van der Waals surface area contributed by atoms with Crippen molar-refractivity contribution in [3.8, 4) is 5.75 Å². The molecule has 0 spiro atoms. The highest BCUT2D eigenvalue weighted by atomic mass is 16.3. The van der Waals surface area contributed by atoms with Gasteiger partial charge in [0, 0.05) is 6.54 Å². The van der Waals surface area contributed by atoms with Crippen molar-refractivity contribution in [1.29, 1.82) is 0 Å². The van der Waals surface area contributed by atoms with Crippen LogP contribution in [-0.4, -0.2) is 14.9 Å². The summed E-state index contributed by atoms with van der Waals surface area (Å²) in [6, 6.07) is 0. The predicted molar refractivity (Wildman–Crippen MR) is 57.5 cm³/mol. The molecule has 0 saturated heterocycles. The van der Waals surface area contributed by atoms with E-state index in [1.165, 1.54) is 0 Å². The Hall–Kier alpha value is -0.990. The van der Waals surface area contributed by atoms with Gasteiger partial charge < -0.3 is 5.11 Å². The van der Waals surface area contributed by atoms with E-state index in [1.807, 2.05) is 11.6 Å². The number of hydrogen-bond acceptors (Lipinski definition) is 2. The zero-order valence-electron chi connectivity index (χ0n) is 9.38. The first-order valence-electron chi connectivity index (χ1n) is 5.45. The van der Waals surface area contributed by atoms with E-state index < -0.39 is 0 Å². The summed E-state index contributed by atoms with van der Waals surface area (Å²) in [4.78, 5) is 0. The highest BCUT2D eigenvalue weighted by molar-refractivity contribution is 5.31. The number of aromatic nitrogens is 2. The average molecular weight is 196 g/mol. The average Bonchev–Trinajstić information content (AvgIpc) is 2.44. The fraction of sp³-hybridized carbons (Fsp3) is 0.727. The summed E-state index contributed by atoms with van der Waals surface area (Å²) >= 11 is 0. The summed E-state index contributed by atoms with van der Waals surface area (Å²) in [6.07, 6.45) is 4.17. The van der Waals surface area contributed by atoms with Crippen LogP contribution in [0.15, 0.2) is 0 Å². The van der Waals surface area contributed by atoms with Crippen molar-refractivity contribution in [2.75, 3.05) is 0 Å². The van der Waals surface area contributed by atoms with Crippen LogP contribution >= 0.6 is 0 Å². The molecule has 0 aromatic carbocycles. The third kappa shape index (κ3) is 2.28. The third-order valence-corrected chi connectivity index (χ3v) is 2.45. The minimum atomic E-state index is 0.395. The van der Waals surface area contributed by atoms with E-state index >= 15 is 0 Å². The quantitative estimate of drug-likeness (QED) is 0.786. The highest BCUT2D eigenvalue weighted by Gasteiger charge is 2.11. The normalized spacial score (nSPS) is 10.8. The molecular formula is C11H20N2O. The second-order valence-electron chi connectivity index (χ2n) is 3.71. The van der Waals surface area contributed by atoms with Crippen molar-refractivity contribution in [3.05, 3.63) is 11.4 Å². The number of hydrogen-bond donors (Lipinski definition) is 1. The monoisotopic (exact) mass is 196 g/mol. The lowest BCUT2D eigenvalue weighted by molar-refractivity contribution is 0.460. The molecule has 3 heteroatoms. The Morgan fingerprint density at radius 3 is 2.57 bits per heavy atom. The fourth-order valence-corrected chi connectivity index (χ4v) is 1.54. The topological polar surface area (TPSA) is 38.0 Å². The maximum Gasteiger partial charge on any atom is 0.159 e. The molecule has 14 heavy (non-hydrogen) atoms. The molecule has 0 amide bonds. The minimum Gasteiger partial charge on any atom is -0.504 e. The summed E-state index contributed by atoms with van der Waals surface area (Å²) in [5, 5.41) is 14.2. The van der Waals surface area contributed by atoms with Crippen LogP contribution in [0, 0.1) is 6.92 Å². The summed E-state index contributed by atoms with van der Waals surface area (Å²) in [5.41, 5.74) is 1.76. The molecule has 0 aliphatic heterocycles. The van der Waals surface area contributed by atoms with E-state index in [9.17, 15) is 5.11 Å². The molecular weight excluding hydrogens is 176 g/mol. The maximum atomic E-state index is 9.79. The van der Waals surface area contributed by atoms with Crippen LogP contribution in [-0.2, 0) is 13.0 Å². The lowest BCUT2D eigenvalue weighted by Crippen LogP contribution is -2.01. The molecule has 0 saturated carbocycles. The van der Waals surface area contributed by atoms with Gasteiger partial charge in [-0.3, -0.25) is 4.68 Å². The third-order valence-electron chi connectivity index (χ3n) is 2.45. The SMILES string of the molecule is CCCCc1nn(CCC)c(C)c1O. The van der Waals surface area contributed by atoms with Crippen LogP contribution in [0.3, 0.4) is 0 Å². The van der Waals surface area contributed by atoms with E-state index in [4.69, 9.17) is 0 Å². The number of rotatable bonds is 5. The first-order chi connectivity index (χ1) is 6.70. The standard InChI is InChI=1S/C11H20N2O/c1-4-6-7-10-11(14)9(3)13(12-10)8-5-2/h14H,4-8H2,1-3H3. The lowest BCUT2D eigenvalue weighted by atomic mass is 10.2. The van der Waals surface area contributed by atoms with Gasteiger partial charge >= 0.3 is 0 Å². The van der Waals surface area contributed by atoms with Gasteiger partial charge in [0.1, 0.15) is 5.69 Å². The maximum absolute atomic E-state index is 9.79. The van der Waals surface area contributed by atoms with Crippen molar-refractivity contribution in [1.82, 2.24) is 9.78 Å². The Kier molecular flexibility index (Phi) is 3.98. The Balaban J connectivity index is 2.79. The van der Waals surface area contributed by atoms with Crippen molar-refractivity contribution < 1.29 is 5.11 Å². The minimum absolute atomic E-state index is 0.395. The first-order valence-corrected chi connectivity index (χ1v) is 5.45. The van der Waals surface area contributed by atoms with E-state index in [1.54, 1.807) is 0 Å². The molecule has 0 unspecified atom stereocenters. The van der Waals surface area contributed by atoms with Gasteiger partial charge in [-0.25, -0.2) is 0 Å². The van der Waals surface area contributed by atoms with Crippen LogP contribution in [0.1, 0.15) is 44.5 Å². The number of aromatic hydroxyl groups is 1. The molecule has 0 fully saturated rings. The molecule has 0 aliphatic rings. The van der Waals surface area contributed by atoms with Gasteiger partial charge in [0.25, 0.3) is 0 Å². The van der Waals surface area contributed by atoms with Gasteiger partial charge in [-0.15, -0.1) is 0 Å². The summed E-state index contributed by atoms with van der Waals surface area (Å²) < 4.78 is 1.90. The largest absolute Gasteiger partial charge is 0.504 e. The Bertz CT molecular complexity index is 292. The molecule has 0 aliphatic carbocycles. The van der Waals surface area contributed by atoms with Crippen LogP contribution in [0.2, 0.25) is 0 Å². The second kappa shape index (κ2) is 5.03. The van der Waals surface area contributed by atoms with Gasteiger partial charge in [0.15, 0.2) is 5.75 Å². The molecule has 80 valence electrons. The summed E-state index contributed by atoms with van der Waals surface area (Å²) in [7, 11) is 0. The fourth-order valence-electron chi connectivity index (χ4n) is 1.54. The Morgan fingerprint density at radius 2 is 2.00 bits per heavy atom. The van der Waals surface area contributed by atoms with Gasteiger partial charge in [-0.05, 0) is 26.2 Å². The van der Waals surface area contributed by atoms with Gasteiger partial charge in [-0.1, -0.05) is 20.3 Å². The number of unbranched alkanes of at least 4 members (excludes halogenated alkanes) is 1. The number of aryl methyl sites for hydroxylation is 2. The van der Waals surface area contributed by atoms with Gasteiger partial charge in [-0.2, -0.15) is 5.10 Å². The van der Waals surface area contributed by atoms with E-state index in [0.29, 0.717) is 5.75 Å². The predicted octanol–water partition coefficient (Wildman–Crippen LogP) is 2.65. The Morgan fingerprint density at radius 1 is 1.29 bits per heavy atom. The van der Waals surface area contributed by atoms with Gasteiger partial charge in [0.2, 0.25) is 0 Å². The van der Waals surface area contributed by atoms with E-state index in [0.717, 1.165) is 43.6 Å². The van der Waals surface area contributed by atoms with Crippen molar-refractivity contribution in [2.24, 2.45) is 0 Å². The van der Waals surface area contributed by atoms with Crippen molar-refractivity contribution in [3.63, 3.8) is 0 Å². The first kappa shape index (κ1) is 11.1. The number of nitrogens with zero attached hydrogens (tertiary/aromatic N) is 2. The molecule has 0 radical (unpaired) electrons. The molecule has 1 N–H and O–H groups in total. The summed E-state index contributed by atoms with van der Waals surface area (Å²) in [6.45, 7) is 7.08. The van der Waals surface area contributed by atoms with Crippen LogP contribution in [0.4, 0.5) is 0 Å². The molecule has 0 bridgehead atoms. The summed E-state index contributed by atoms with van der Waals surface area (Å²) in [5.74, 6) is 0.395. The van der Waals surface area contributed by atoms with Crippen molar-refractivity contribution >= 4 is 0 Å². The zero-order valence-corrected chi connectivity index (χ0v) is 9.38. The molecule has 0 atom stereocenters. The molecule has 1 aromatic heterocycles. The smallest absolute Gasteiger partial charge is 0.159 e. The molecule has 3 nitrogen and oxygen atoms in total. The molecule has 1 aromatic rings. The zero-order chi connectivity index (χ0) is 10.6.